The van der Waals surface area contributed by atoms with Crippen LogP contribution in [0.5, 0.6) is 0 Å². The molecule has 0 saturated heterocycles. The Morgan fingerprint density at radius 2 is 1.28 bits per heavy atom. The fourth-order valence-corrected chi connectivity index (χ4v) is 10.6. The molecule has 0 heterocycles. The van der Waals surface area contributed by atoms with Gasteiger partial charge in [-0.3, -0.25) is 0 Å². The summed E-state index contributed by atoms with van der Waals surface area (Å²) < 4.78 is 16.3. The molecule has 0 aliphatic heterocycles. The predicted octanol–water partition coefficient (Wildman–Crippen LogP) is 3.99. The number of hydrogen-bond acceptors (Lipinski definition) is 4. The van der Waals surface area contributed by atoms with Gasteiger partial charge in [-0.15, -0.1) is 0 Å². The Hall–Kier alpha value is 0.664. The monoisotopic (exact) mass is 310 g/mol. The second kappa shape index (κ2) is 9.55. The lowest BCUT2D eigenvalue weighted by molar-refractivity contribution is 0.123. The summed E-state index contributed by atoms with van der Waals surface area (Å²) in [6, 6.07) is 5.06. The first kappa shape index (κ1) is 18.7. The fraction of sp³-hybridized carbons (Fsp3) is 1.00. The Morgan fingerprint density at radius 3 is 1.61 bits per heavy atom. The Labute approximate surface area is 119 Å². The summed E-state index contributed by atoms with van der Waals surface area (Å²) in [6.07, 6.45) is 1.13. The topological polar surface area (TPSA) is 27.7 Å². The summed E-state index contributed by atoms with van der Waals surface area (Å²) in [5.41, 5.74) is 0. The molecule has 0 aromatic heterocycles. The molecular weight excluding hydrogens is 280 g/mol. The van der Waals surface area contributed by atoms with Crippen LogP contribution in [0.15, 0.2) is 0 Å². The highest BCUT2D eigenvalue weighted by atomic mass is 32.4. The van der Waals surface area contributed by atoms with Crippen molar-refractivity contribution in [3.05, 3.63) is 0 Å². The molecule has 18 heavy (non-hydrogen) atoms. The summed E-state index contributed by atoms with van der Waals surface area (Å²) >= 11 is 2.24. The third kappa shape index (κ3) is 5.34. The van der Waals surface area contributed by atoms with Crippen molar-refractivity contribution in [2.24, 2.45) is 0 Å². The van der Waals surface area contributed by atoms with E-state index in [2.05, 4.69) is 32.0 Å². The molecule has 0 bridgehead atoms. The SMILES string of the molecule is CC[Si](CC)(CC)SCCC[Si](OC)(OC)OC. The maximum absolute atomic E-state index is 5.44. The second-order valence-corrected chi connectivity index (χ2v) is 16.2. The minimum absolute atomic E-state index is 0.922. The summed E-state index contributed by atoms with van der Waals surface area (Å²) in [6.45, 7) is 7.06. The molecule has 3 nitrogen and oxygen atoms in total. The molecule has 0 atom stereocenters. The van der Waals surface area contributed by atoms with E-state index in [1.807, 2.05) is 0 Å². The van der Waals surface area contributed by atoms with Gasteiger partial charge in [0.05, 0.1) is 0 Å². The first-order valence-electron chi connectivity index (χ1n) is 6.87. The van der Waals surface area contributed by atoms with E-state index in [0.29, 0.717) is 0 Å². The number of rotatable bonds is 11. The van der Waals surface area contributed by atoms with Crippen LogP contribution < -0.4 is 0 Å². The van der Waals surface area contributed by atoms with Crippen LogP contribution in [-0.2, 0) is 13.3 Å². The number of hydrogen-bond donors (Lipinski definition) is 0. The van der Waals surface area contributed by atoms with Crippen LogP contribution in [0.1, 0.15) is 27.2 Å². The van der Waals surface area contributed by atoms with E-state index < -0.39 is 16.0 Å². The standard InChI is InChI=1S/C12H30O3SSi2/c1-7-17(8-2,9-3)16-11-10-12-18(13-4,14-5)15-6/h7-12H2,1-6H3. The van der Waals surface area contributed by atoms with Crippen LogP contribution in [0.3, 0.4) is 0 Å². The van der Waals surface area contributed by atoms with Crippen molar-refractivity contribution < 1.29 is 13.3 Å². The van der Waals surface area contributed by atoms with Gasteiger partial charge in [-0.05, 0) is 12.2 Å². The van der Waals surface area contributed by atoms with Gasteiger partial charge < -0.3 is 13.3 Å². The quantitative estimate of drug-likeness (QED) is 0.426. The second-order valence-electron chi connectivity index (χ2n) is 4.49. The lowest BCUT2D eigenvalue weighted by Crippen LogP contribution is -2.42. The Morgan fingerprint density at radius 1 is 0.833 bits per heavy atom. The highest BCUT2D eigenvalue weighted by Gasteiger charge is 2.37. The van der Waals surface area contributed by atoms with E-state index >= 15 is 0 Å². The van der Waals surface area contributed by atoms with Crippen LogP contribution in [0.25, 0.3) is 0 Å². The average Bonchev–Trinajstić information content (AvgIpc) is 2.45. The molecule has 0 rings (SSSR count). The van der Waals surface area contributed by atoms with Gasteiger partial charge >= 0.3 is 8.80 Å². The molecule has 0 aliphatic carbocycles. The van der Waals surface area contributed by atoms with Gasteiger partial charge in [-0.25, -0.2) is 0 Å². The smallest absolute Gasteiger partial charge is 0.377 e. The van der Waals surface area contributed by atoms with Gasteiger partial charge in [0.2, 0.25) is 0 Å². The van der Waals surface area contributed by atoms with Crippen LogP contribution in [0.2, 0.25) is 24.2 Å². The van der Waals surface area contributed by atoms with E-state index in [0.717, 1.165) is 12.5 Å². The predicted molar refractivity (Wildman–Crippen MR) is 85.9 cm³/mol. The van der Waals surface area contributed by atoms with Gasteiger partial charge in [0.25, 0.3) is 0 Å². The van der Waals surface area contributed by atoms with Gasteiger partial charge in [-0.2, -0.15) is 11.2 Å². The van der Waals surface area contributed by atoms with Gasteiger partial charge in [0.15, 0.2) is 0 Å². The third-order valence-corrected chi connectivity index (χ3v) is 16.8. The molecule has 0 spiro atoms. The molecule has 0 fully saturated rings. The van der Waals surface area contributed by atoms with Crippen molar-refractivity contribution in [3.63, 3.8) is 0 Å². The maximum atomic E-state index is 5.44. The maximum Gasteiger partial charge on any atom is 0.500 e. The van der Waals surface area contributed by atoms with E-state index in [9.17, 15) is 0 Å². The lowest BCUT2D eigenvalue weighted by Gasteiger charge is -2.28. The van der Waals surface area contributed by atoms with Crippen molar-refractivity contribution in [1.82, 2.24) is 0 Å². The van der Waals surface area contributed by atoms with Gasteiger partial charge in [0.1, 0.15) is 7.22 Å². The van der Waals surface area contributed by atoms with Crippen molar-refractivity contribution in [1.29, 1.82) is 0 Å². The molecule has 110 valence electrons. The molecule has 0 aromatic rings. The van der Waals surface area contributed by atoms with Crippen molar-refractivity contribution in [2.75, 3.05) is 27.1 Å². The molecular formula is C12H30O3SSi2. The van der Waals surface area contributed by atoms with Crippen LogP contribution in [0.4, 0.5) is 0 Å². The van der Waals surface area contributed by atoms with Gasteiger partial charge in [-0.1, -0.05) is 38.9 Å². The van der Waals surface area contributed by atoms with Crippen LogP contribution in [0, 0.1) is 0 Å². The van der Waals surface area contributed by atoms with E-state index in [1.54, 1.807) is 21.3 Å². The molecule has 0 unspecified atom stereocenters. The molecule has 0 aliphatic rings. The van der Waals surface area contributed by atoms with Crippen molar-refractivity contribution >= 4 is 27.2 Å². The molecule has 6 heteroatoms. The summed E-state index contributed by atoms with van der Waals surface area (Å²) in [4.78, 5) is 0. The normalized spacial score (nSPS) is 13.0. The van der Waals surface area contributed by atoms with E-state index in [1.165, 1.54) is 23.9 Å². The Balaban J connectivity index is 4.11. The minimum Gasteiger partial charge on any atom is -0.377 e. The largest absolute Gasteiger partial charge is 0.500 e. The van der Waals surface area contributed by atoms with Crippen LogP contribution in [-0.4, -0.2) is 43.1 Å². The minimum atomic E-state index is -2.34. The zero-order chi connectivity index (χ0) is 14.1. The Kier molecular flexibility index (Phi) is 9.90. The highest BCUT2D eigenvalue weighted by Crippen LogP contribution is 2.33. The molecule has 0 N–H and O–H groups in total. The summed E-state index contributed by atoms with van der Waals surface area (Å²) in [5, 5.41) is 0. The first-order chi connectivity index (χ1) is 8.57. The first-order valence-corrected chi connectivity index (χ1v) is 13.1. The molecule has 0 aromatic carbocycles. The Bertz CT molecular complexity index is 171. The molecule has 0 amide bonds. The summed E-state index contributed by atoms with van der Waals surface area (Å²) in [5.74, 6) is 1.21. The highest BCUT2D eigenvalue weighted by molar-refractivity contribution is 8.28. The fourth-order valence-electron chi connectivity index (χ4n) is 2.19. The van der Waals surface area contributed by atoms with Gasteiger partial charge in [0, 0.05) is 27.4 Å². The third-order valence-electron chi connectivity index (χ3n) is 3.90. The average molecular weight is 311 g/mol. The van der Waals surface area contributed by atoms with Crippen molar-refractivity contribution in [3.8, 4) is 0 Å². The van der Waals surface area contributed by atoms with Crippen molar-refractivity contribution in [2.45, 2.75) is 51.4 Å². The summed E-state index contributed by atoms with van der Waals surface area (Å²) in [7, 11) is 1.69. The molecule has 0 radical (unpaired) electrons. The molecule has 0 saturated carbocycles. The lowest BCUT2D eigenvalue weighted by atomic mass is 10.6. The van der Waals surface area contributed by atoms with E-state index in [4.69, 9.17) is 13.3 Å². The zero-order valence-corrected chi connectivity index (χ0v) is 15.7. The van der Waals surface area contributed by atoms with E-state index in [-0.39, 0.29) is 0 Å². The van der Waals surface area contributed by atoms with Crippen LogP contribution >= 0.6 is 11.2 Å². The zero-order valence-electron chi connectivity index (χ0n) is 12.9.